The van der Waals surface area contributed by atoms with Crippen LogP contribution in [0.25, 0.3) is 0 Å². The molecule has 2 aliphatic heterocycles. The van der Waals surface area contributed by atoms with E-state index in [1.165, 1.54) is 32.1 Å². The lowest BCUT2D eigenvalue weighted by molar-refractivity contribution is -0.133. The largest absolute Gasteiger partial charge is 0.342 e. The molecule has 0 aromatic carbocycles. The van der Waals surface area contributed by atoms with Gasteiger partial charge in [-0.2, -0.15) is 0 Å². The van der Waals surface area contributed by atoms with Gasteiger partial charge < -0.3 is 9.80 Å². The van der Waals surface area contributed by atoms with Crippen LogP contribution >= 0.6 is 0 Å². The van der Waals surface area contributed by atoms with Gasteiger partial charge in [0.05, 0.1) is 5.69 Å². The van der Waals surface area contributed by atoms with Gasteiger partial charge in [-0.25, -0.2) is 9.97 Å². The van der Waals surface area contributed by atoms with Crippen LogP contribution in [0, 0.1) is 5.92 Å². The minimum atomic E-state index is 0.134. The lowest BCUT2D eigenvalue weighted by Gasteiger charge is -2.33. The summed E-state index contributed by atoms with van der Waals surface area (Å²) in [6.45, 7) is 4.61. The van der Waals surface area contributed by atoms with Crippen LogP contribution in [0.1, 0.15) is 81.3 Å². The van der Waals surface area contributed by atoms with Crippen molar-refractivity contribution in [1.29, 1.82) is 0 Å². The van der Waals surface area contributed by atoms with Crippen LogP contribution in [0.5, 0.6) is 0 Å². The second kappa shape index (κ2) is 8.58. The van der Waals surface area contributed by atoms with Gasteiger partial charge in [-0.05, 0) is 31.6 Å². The Morgan fingerprint density at radius 3 is 2.68 bits per heavy atom. The Balaban J connectivity index is 1.38. The number of carbonyl (C=O) groups is 2. The molecule has 1 aromatic rings. The highest BCUT2D eigenvalue weighted by Crippen LogP contribution is 2.29. The summed E-state index contributed by atoms with van der Waals surface area (Å²) in [6.07, 6.45) is 11.8. The van der Waals surface area contributed by atoms with E-state index < -0.39 is 0 Å². The molecule has 152 valence electrons. The molecule has 6 nitrogen and oxygen atoms in total. The Bertz CT molecular complexity index is 729. The van der Waals surface area contributed by atoms with Gasteiger partial charge in [-0.15, -0.1) is 0 Å². The van der Waals surface area contributed by atoms with Crippen molar-refractivity contribution in [1.82, 2.24) is 19.8 Å². The number of aromatic nitrogens is 2. The minimum absolute atomic E-state index is 0.134. The molecule has 1 aliphatic carbocycles. The van der Waals surface area contributed by atoms with Crippen LogP contribution in [-0.2, 0) is 22.6 Å². The number of nitrogens with zero attached hydrogens (tertiary/aromatic N) is 4. The monoisotopic (exact) mass is 384 g/mol. The zero-order valence-corrected chi connectivity index (χ0v) is 17.0. The summed E-state index contributed by atoms with van der Waals surface area (Å²) in [6, 6.07) is 0. The Morgan fingerprint density at radius 1 is 1.07 bits per heavy atom. The van der Waals surface area contributed by atoms with Crippen molar-refractivity contribution in [2.24, 2.45) is 5.92 Å². The molecule has 28 heavy (non-hydrogen) atoms. The third-order valence-corrected chi connectivity index (χ3v) is 6.73. The number of carbonyl (C=O) groups excluding carboxylic acids is 2. The molecule has 2 fully saturated rings. The van der Waals surface area contributed by atoms with Crippen LogP contribution in [0.4, 0.5) is 0 Å². The topological polar surface area (TPSA) is 66.4 Å². The second-order valence-electron chi connectivity index (χ2n) is 8.78. The van der Waals surface area contributed by atoms with Crippen molar-refractivity contribution in [3.05, 3.63) is 23.3 Å². The lowest BCUT2D eigenvalue weighted by atomic mass is 9.86. The van der Waals surface area contributed by atoms with E-state index in [-0.39, 0.29) is 11.8 Å². The molecule has 0 spiro atoms. The highest BCUT2D eigenvalue weighted by atomic mass is 16.2. The molecule has 3 aliphatic rings. The smallest absolute Gasteiger partial charge is 0.223 e. The van der Waals surface area contributed by atoms with E-state index in [0.717, 1.165) is 56.0 Å². The summed E-state index contributed by atoms with van der Waals surface area (Å²) in [5, 5.41) is 0. The Labute approximate surface area is 167 Å². The first-order valence-corrected chi connectivity index (χ1v) is 11.0. The molecule has 0 bridgehead atoms. The molecule has 3 heterocycles. The maximum Gasteiger partial charge on any atom is 0.223 e. The summed E-state index contributed by atoms with van der Waals surface area (Å²) in [5.74, 6) is 2.11. The Hall–Kier alpha value is -1.98. The second-order valence-corrected chi connectivity index (χ2v) is 8.78. The normalized spacial score (nSPS) is 23.4. The van der Waals surface area contributed by atoms with Gasteiger partial charge in [0.1, 0.15) is 5.82 Å². The molecule has 4 rings (SSSR count). The van der Waals surface area contributed by atoms with Crippen LogP contribution in [-0.4, -0.2) is 51.2 Å². The highest BCUT2D eigenvalue weighted by molar-refractivity contribution is 5.76. The van der Waals surface area contributed by atoms with Crippen LogP contribution in [0.2, 0.25) is 0 Å². The fourth-order valence-electron chi connectivity index (χ4n) is 4.98. The number of hydrogen-bond donors (Lipinski definition) is 0. The number of rotatable bonds is 3. The number of amides is 2. The summed E-state index contributed by atoms with van der Waals surface area (Å²) in [5.41, 5.74) is 2.18. The third-order valence-electron chi connectivity index (χ3n) is 6.73. The maximum atomic E-state index is 12.7. The van der Waals surface area contributed by atoms with Crippen LogP contribution in [0.15, 0.2) is 6.20 Å². The molecule has 0 radical (unpaired) electrons. The SMILES string of the molecule is CC(=O)N1CCCC(c2ncc3c(n2)CCN(C(=O)CC2CCCCC2)C3)C1. The Kier molecular flexibility index (Phi) is 5.93. The van der Waals surface area contributed by atoms with Crippen LogP contribution < -0.4 is 0 Å². The van der Waals surface area contributed by atoms with Crippen molar-refractivity contribution >= 4 is 11.8 Å². The molecule has 1 aromatic heterocycles. The molecule has 1 saturated carbocycles. The van der Waals surface area contributed by atoms with E-state index in [1.54, 1.807) is 6.92 Å². The number of piperidine rings is 1. The molecule has 1 atom stereocenters. The predicted octanol–water partition coefficient (Wildman–Crippen LogP) is 3.06. The lowest BCUT2D eigenvalue weighted by Crippen LogP contribution is -2.39. The molecule has 1 saturated heterocycles. The van der Waals surface area contributed by atoms with E-state index in [9.17, 15) is 9.59 Å². The third kappa shape index (κ3) is 4.36. The van der Waals surface area contributed by atoms with Gasteiger partial charge in [0.2, 0.25) is 11.8 Å². The van der Waals surface area contributed by atoms with Crippen LogP contribution in [0.3, 0.4) is 0 Å². The molecule has 2 amide bonds. The quantitative estimate of drug-likeness (QED) is 0.803. The molecular weight excluding hydrogens is 352 g/mol. The highest BCUT2D eigenvalue weighted by Gasteiger charge is 2.28. The fourth-order valence-corrected chi connectivity index (χ4v) is 4.98. The van der Waals surface area contributed by atoms with Crippen molar-refractivity contribution < 1.29 is 9.59 Å². The summed E-state index contributed by atoms with van der Waals surface area (Å²) in [4.78, 5) is 37.8. The average Bonchev–Trinajstić information content (AvgIpc) is 2.73. The van der Waals surface area contributed by atoms with Gasteiger partial charge in [-0.1, -0.05) is 19.3 Å². The first-order valence-electron chi connectivity index (χ1n) is 11.0. The van der Waals surface area contributed by atoms with Crippen molar-refractivity contribution in [2.45, 2.75) is 77.2 Å². The predicted molar refractivity (Wildman–Crippen MR) is 107 cm³/mol. The van der Waals surface area contributed by atoms with Crippen molar-refractivity contribution in [2.75, 3.05) is 19.6 Å². The van der Waals surface area contributed by atoms with Gasteiger partial charge in [0.15, 0.2) is 0 Å². The molecule has 0 N–H and O–H groups in total. The van der Waals surface area contributed by atoms with Gasteiger partial charge in [0, 0.05) is 63.6 Å². The first kappa shape index (κ1) is 19.3. The molecule has 6 heteroatoms. The summed E-state index contributed by atoms with van der Waals surface area (Å²) < 4.78 is 0. The number of hydrogen-bond acceptors (Lipinski definition) is 4. The summed E-state index contributed by atoms with van der Waals surface area (Å²) in [7, 11) is 0. The first-order chi connectivity index (χ1) is 13.6. The van der Waals surface area contributed by atoms with Crippen molar-refractivity contribution in [3.8, 4) is 0 Å². The van der Waals surface area contributed by atoms with Crippen molar-refractivity contribution in [3.63, 3.8) is 0 Å². The molecule has 1 unspecified atom stereocenters. The average molecular weight is 385 g/mol. The zero-order chi connectivity index (χ0) is 19.5. The molecular formula is C22H32N4O2. The number of likely N-dealkylation sites (tertiary alicyclic amines) is 1. The van der Waals surface area contributed by atoms with E-state index in [4.69, 9.17) is 4.98 Å². The van der Waals surface area contributed by atoms with E-state index in [0.29, 0.717) is 24.8 Å². The Morgan fingerprint density at radius 2 is 1.89 bits per heavy atom. The van der Waals surface area contributed by atoms with Gasteiger partial charge >= 0.3 is 0 Å². The van der Waals surface area contributed by atoms with E-state index >= 15 is 0 Å². The minimum Gasteiger partial charge on any atom is -0.342 e. The van der Waals surface area contributed by atoms with Gasteiger partial charge in [0.25, 0.3) is 0 Å². The van der Waals surface area contributed by atoms with Gasteiger partial charge in [-0.3, -0.25) is 9.59 Å². The standard InChI is InChI=1S/C22H32N4O2/c1-16(27)25-10-5-8-18(14-25)22-23-13-19-15-26(11-9-20(19)24-22)21(28)12-17-6-3-2-4-7-17/h13,17-18H,2-12,14-15H2,1H3. The van der Waals surface area contributed by atoms with E-state index in [1.807, 2.05) is 16.0 Å². The summed E-state index contributed by atoms with van der Waals surface area (Å²) >= 11 is 0. The zero-order valence-electron chi connectivity index (χ0n) is 17.0. The fraction of sp³-hybridized carbons (Fsp3) is 0.727. The van der Waals surface area contributed by atoms with E-state index in [2.05, 4.69) is 4.98 Å². The number of fused-ring (bicyclic) bond motifs is 1. The maximum absolute atomic E-state index is 12.7.